The minimum Gasteiger partial charge on any atom is -0.431 e. The van der Waals surface area contributed by atoms with Gasteiger partial charge in [0.15, 0.2) is 5.76 Å². The Morgan fingerprint density at radius 1 is 1.15 bits per heavy atom. The topological polar surface area (TPSA) is 55.1 Å². The van der Waals surface area contributed by atoms with E-state index < -0.39 is 0 Å². The first-order valence-electron chi connectivity index (χ1n) is 8.14. The summed E-state index contributed by atoms with van der Waals surface area (Å²) < 4.78 is 6.74. The van der Waals surface area contributed by atoms with Crippen molar-refractivity contribution in [2.45, 2.75) is 26.0 Å². The number of carbonyl (C=O) groups excluding carboxylic acids is 1. The molecule has 0 aliphatic carbocycles. The summed E-state index contributed by atoms with van der Waals surface area (Å²) in [5.74, 6) is 0.853. The van der Waals surface area contributed by atoms with Crippen LogP contribution in [0.1, 0.15) is 16.7 Å². The van der Waals surface area contributed by atoms with Crippen LogP contribution in [0.3, 0.4) is 0 Å². The number of amides is 1. The first-order valence-corrected chi connectivity index (χ1v) is 9.92. The van der Waals surface area contributed by atoms with Crippen LogP contribution in [0.25, 0.3) is 11.3 Å². The fourth-order valence-electron chi connectivity index (χ4n) is 2.75. The van der Waals surface area contributed by atoms with Crippen molar-refractivity contribution < 1.29 is 9.21 Å². The van der Waals surface area contributed by atoms with Gasteiger partial charge in [-0.25, -0.2) is 4.98 Å². The average molecular weight is 431 g/mol. The van der Waals surface area contributed by atoms with Gasteiger partial charge in [0.05, 0.1) is 11.9 Å². The molecule has 0 aliphatic rings. The van der Waals surface area contributed by atoms with Crippen LogP contribution in [-0.2, 0) is 4.79 Å². The number of halogens is 1. The quantitative estimate of drug-likeness (QED) is 0.522. The summed E-state index contributed by atoms with van der Waals surface area (Å²) in [5, 5.41) is 3.47. The first kappa shape index (κ1) is 18.7. The van der Waals surface area contributed by atoms with Crippen LogP contribution in [0.5, 0.6) is 0 Å². The van der Waals surface area contributed by atoms with E-state index in [2.05, 4.69) is 38.4 Å². The van der Waals surface area contributed by atoms with Gasteiger partial charge in [-0.05, 0) is 44.0 Å². The highest BCUT2D eigenvalue weighted by molar-refractivity contribution is 9.10. The lowest BCUT2D eigenvalue weighted by Gasteiger charge is -2.12. The number of nitrogens with one attached hydrogen (secondary N) is 1. The van der Waals surface area contributed by atoms with E-state index in [9.17, 15) is 4.79 Å². The number of rotatable bonds is 5. The zero-order valence-corrected chi connectivity index (χ0v) is 17.2. The summed E-state index contributed by atoms with van der Waals surface area (Å²) in [6, 6.07) is 11.9. The SMILES string of the molecule is Cc1cc(C)c(NC(=O)CSc2ncc(-c3ccc(Br)cc3)o2)c(C)c1. The molecule has 134 valence electrons. The van der Waals surface area contributed by atoms with Crippen molar-refractivity contribution >= 4 is 39.3 Å². The Kier molecular flexibility index (Phi) is 5.84. The van der Waals surface area contributed by atoms with E-state index in [1.807, 2.05) is 45.0 Å². The molecule has 0 radical (unpaired) electrons. The van der Waals surface area contributed by atoms with Crippen LogP contribution in [0, 0.1) is 20.8 Å². The van der Waals surface area contributed by atoms with Crippen molar-refractivity contribution in [3.8, 4) is 11.3 Å². The summed E-state index contributed by atoms with van der Waals surface area (Å²) in [5.41, 5.74) is 5.14. The second-order valence-corrected chi connectivity index (χ2v) is 7.95. The van der Waals surface area contributed by atoms with Crippen LogP contribution in [0.4, 0.5) is 5.69 Å². The van der Waals surface area contributed by atoms with Crippen molar-refractivity contribution in [3.63, 3.8) is 0 Å². The highest BCUT2D eigenvalue weighted by Crippen LogP contribution is 2.27. The number of oxazole rings is 1. The Morgan fingerprint density at radius 3 is 2.46 bits per heavy atom. The average Bonchev–Trinajstić information content (AvgIpc) is 3.06. The molecular weight excluding hydrogens is 412 g/mol. The highest BCUT2D eigenvalue weighted by Gasteiger charge is 2.12. The van der Waals surface area contributed by atoms with Crippen LogP contribution in [0.15, 0.2) is 56.7 Å². The monoisotopic (exact) mass is 430 g/mol. The fourth-order valence-corrected chi connectivity index (χ4v) is 3.62. The van der Waals surface area contributed by atoms with Gasteiger partial charge in [0, 0.05) is 15.7 Å². The lowest BCUT2D eigenvalue weighted by atomic mass is 10.1. The second kappa shape index (κ2) is 8.10. The maximum Gasteiger partial charge on any atom is 0.256 e. The van der Waals surface area contributed by atoms with Crippen LogP contribution in [0.2, 0.25) is 0 Å². The zero-order valence-electron chi connectivity index (χ0n) is 14.8. The highest BCUT2D eigenvalue weighted by atomic mass is 79.9. The van der Waals surface area contributed by atoms with Gasteiger partial charge in [-0.3, -0.25) is 4.79 Å². The molecule has 3 aromatic rings. The van der Waals surface area contributed by atoms with Crippen molar-refractivity contribution in [3.05, 3.63) is 63.8 Å². The summed E-state index contributed by atoms with van der Waals surface area (Å²) in [4.78, 5) is 16.5. The minimum atomic E-state index is -0.0755. The molecule has 1 amide bonds. The fraction of sp³-hybridized carbons (Fsp3) is 0.200. The molecule has 4 nitrogen and oxygen atoms in total. The number of thioether (sulfide) groups is 1. The molecule has 0 saturated carbocycles. The van der Waals surface area contributed by atoms with Crippen molar-refractivity contribution in [1.82, 2.24) is 4.98 Å². The molecule has 0 bridgehead atoms. The first-order chi connectivity index (χ1) is 12.4. The smallest absolute Gasteiger partial charge is 0.256 e. The normalized spacial score (nSPS) is 10.8. The van der Waals surface area contributed by atoms with Gasteiger partial charge < -0.3 is 9.73 Å². The van der Waals surface area contributed by atoms with Gasteiger partial charge in [-0.2, -0.15) is 0 Å². The Morgan fingerprint density at radius 2 is 1.81 bits per heavy atom. The molecule has 26 heavy (non-hydrogen) atoms. The lowest BCUT2D eigenvalue weighted by molar-refractivity contribution is -0.113. The van der Waals surface area contributed by atoms with Gasteiger partial charge in [-0.1, -0.05) is 57.5 Å². The van der Waals surface area contributed by atoms with Gasteiger partial charge >= 0.3 is 0 Å². The molecule has 1 aromatic heterocycles. The molecule has 6 heteroatoms. The summed E-state index contributed by atoms with van der Waals surface area (Å²) in [6.45, 7) is 6.05. The number of aryl methyl sites for hydroxylation is 3. The van der Waals surface area contributed by atoms with Gasteiger partial charge in [0.25, 0.3) is 5.22 Å². The number of anilines is 1. The molecule has 0 atom stereocenters. The van der Waals surface area contributed by atoms with Crippen LogP contribution >= 0.6 is 27.7 Å². The molecule has 0 spiro atoms. The maximum atomic E-state index is 12.3. The molecule has 1 N–H and O–H groups in total. The molecule has 0 unspecified atom stereocenters. The van der Waals surface area contributed by atoms with Crippen molar-refractivity contribution in [2.75, 3.05) is 11.1 Å². The predicted octanol–water partition coefficient (Wildman–Crippen LogP) is 5.76. The van der Waals surface area contributed by atoms with Gasteiger partial charge in [0.2, 0.25) is 5.91 Å². The number of aromatic nitrogens is 1. The summed E-state index contributed by atoms with van der Waals surface area (Å²) >= 11 is 4.69. The van der Waals surface area contributed by atoms with Gasteiger partial charge in [-0.15, -0.1) is 0 Å². The zero-order chi connectivity index (χ0) is 18.7. The van der Waals surface area contributed by atoms with E-state index in [0.717, 1.165) is 26.9 Å². The number of hydrogen-bond acceptors (Lipinski definition) is 4. The maximum absolute atomic E-state index is 12.3. The third kappa shape index (κ3) is 4.56. The Balaban J connectivity index is 1.61. The molecule has 0 saturated heterocycles. The van der Waals surface area contributed by atoms with E-state index in [1.54, 1.807) is 6.20 Å². The Labute approximate surface area is 165 Å². The van der Waals surface area contributed by atoms with E-state index in [1.165, 1.54) is 17.3 Å². The van der Waals surface area contributed by atoms with Crippen LogP contribution in [-0.4, -0.2) is 16.6 Å². The van der Waals surface area contributed by atoms with Crippen molar-refractivity contribution in [2.24, 2.45) is 0 Å². The number of benzene rings is 2. The number of hydrogen-bond donors (Lipinski definition) is 1. The number of nitrogens with zero attached hydrogens (tertiary/aromatic N) is 1. The van der Waals surface area contributed by atoms with Crippen molar-refractivity contribution in [1.29, 1.82) is 0 Å². The molecule has 2 aromatic carbocycles. The molecule has 1 heterocycles. The third-order valence-corrected chi connectivity index (χ3v) is 5.25. The van der Waals surface area contributed by atoms with E-state index >= 15 is 0 Å². The second-order valence-electron chi connectivity index (χ2n) is 6.11. The summed E-state index contributed by atoms with van der Waals surface area (Å²) in [7, 11) is 0. The number of carbonyl (C=O) groups is 1. The van der Waals surface area contributed by atoms with Crippen LogP contribution < -0.4 is 5.32 Å². The standard InChI is InChI=1S/C20H19BrN2O2S/c1-12-8-13(2)19(14(3)9-12)23-18(24)11-26-20-22-10-17(25-20)15-4-6-16(21)7-5-15/h4-10H,11H2,1-3H3,(H,23,24). The largest absolute Gasteiger partial charge is 0.431 e. The molecule has 3 rings (SSSR count). The Hall–Kier alpha value is -2.05. The molecule has 0 fully saturated rings. The lowest BCUT2D eigenvalue weighted by Crippen LogP contribution is -2.15. The van der Waals surface area contributed by atoms with E-state index in [-0.39, 0.29) is 11.7 Å². The van der Waals surface area contributed by atoms with E-state index in [0.29, 0.717) is 11.0 Å². The third-order valence-electron chi connectivity index (χ3n) is 3.88. The summed E-state index contributed by atoms with van der Waals surface area (Å²) in [6.07, 6.45) is 1.68. The molecule has 0 aliphatic heterocycles. The van der Waals surface area contributed by atoms with Gasteiger partial charge in [0.1, 0.15) is 0 Å². The minimum absolute atomic E-state index is 0.0755. The predicted molar refractivity (Wildman–Crippen MR) is 110 cm³/mol. The Bertz CT molecular complexity index is 912. The molecular formula is C20H19BrN2O2S. The van der Waals surface area contributed by atoms with E-state index in [4.69, 9.17) is 4.42 Å².